The fraction of sp³-hybridized carbons (Fsp3) is 1.00. The first-order valence-electron chi connectivity index (χ1n) is 13.7. The van der Waals surface area contributed by atoms with Gasteiger partial charge in [0.05, 0.1) is 6.17 Å². The second-order valence-electron chi connectivity index (χ2n) is 9.80. The molecule has 0 amide bonds. The molecular formula is C27H56N2. The van der Waals surface area contributed by atoms with Gasteiger partial charge in [0.15, 0.2) is 0 Å². The molecule has 0 radical (unpaired) electrons. The van der Waals surface area contributed by atoms with Crippen molar-refractivity contribution in [3.05, 3.63) is 0 Å². The van der Waals surface area contributed by atoms with Crippen LogP contribution in [0.2, 0.25) is 0 Å². The minimum atomic E-state index is 0.734. The first kappa shape index (κ1) is 27.0. The Hall–Kier alpha value is -0.0800. The van der Waals surface area contributed by atoms with Gasteiger partial charge < -0.3 is 0 Å². The van der Waals surface area contributed by atoms with Crippen molar-refractivity contribution in [2.45, 2.75) is 148 Å². The van der Waals surface area contributed by atoms with E-state index < -0.39 is 0 Å². The standard InChI is InChI=1S/C27H56N2/c1-4-6-8-10-12-14-16-18-20-22-24-29-26-25-28(3)27(29)23-21-19-17-15-13-11-9-7-5-2/h27H,4-26H2,1-3H3. The van der Waals surface area contributed by atoms with Crippen molar-refractivity contribution < 1.29 is 0 Å². The van der Waals surface area contributed by atoms with Crippen LogP contribution in [0.1, 0.15) is 142 Å². The number of rotatable bonds is 21. The zero-order chi connectivity index (χ0) is 21.0. The van der Waals surface area contributed by atoms with Crippen molar-refractivity contribution >= 4 is 0 Å². The largest absolute Gasteiger partial charge is 0.290 e. The first-order chi connectivity index (χ1) is 14.3. The van der Waals surface area contributed by atoms with Gasteiger partial charge in [-0.1, -0.05) is 129 Å². The first-order valence-corrected chi connectivity index (χ1v) is 13.7. The van der Waals surface area contributed by atoms with Crippen LogP contribution in [0, 0.1) is 0 Å². The third-order valence-corrected chi connectivity index (χ3v) is 7.03. The highest BCUT2D eigenvalue weighted by Gasteiger charge is 2.27. The Morgan fingerprint density at radius 3 is 1.41 bits per heavy atom. The molecule has 1 rings (SSSR count). The number of hydrogen-bond acceptors (Lipinski definition) is 2. The molecule has 1 aliphatic heterocycles. The SMILES string of the molecule is CCCCCCCCCCCCN1CCN(C)C1CCCCCCCCCCC. The lowest BCUT2D eigenvalue weighted by atomic mass is 10.1. The molecule has 0 aromatic heterocycles. The lowest BCUT2D eigenvalue weighted by Gasteiger charge is -2.28. The summed E-state index contributed by atoms with van der Waals surface area (Å²) >= 11 is 0. The molecule has 0 aliphatic carbocycles. The van der Waals surface area contributed by atoms with Crippen molar-refractivity contribution in [2.75, 3.05) is 26.7 Å². The summed E-state index contributed by atoms with van der Waals surface area (Å²) in [4.78, 5) is 5.40. The van der Waals surface area contributed by atoms with Crippen LogP contribution in [0.25, 0.3) is 0 Å². The summed E-state index contributed by atoms with van der Waals surface area (Å²) in [7, 11) is 2.34. The van der Waals surface area contributed by atoms with E-state index in [2.05, 4.69) is 30.7 Å². The fourth-order valence-electron chi connectivity index (χ4n) is 4.97. The van der Waals surface area contributed by atoms with Crippen LogP contribution in [-0.4, -0.2) is 42.6 Å². The molecule has 1 fully saturated rings. The van der Waals surface area contributed by atoms with E-state index in [1.807, 2.05) is 0 Å². The van der Waals surface area contributed by atoms with Crippen LogP contribution < -0.4 is 0 Å². The van der Waals surface area contributed by atoms with Crippen molar-refractivity contribution in [1.29, 1.82) is 0 Å². The van der Waals surface area contributed by atoms with Crippen LogP contribution in [0.5, 0.6) is 0 Å². The second kappa shape index (κ2) is 19.9. The molecule has 0 spiro atoms. The molecule has 0 bridgehead atoms. The summed E-state index contributed by atoms with van der Waals surface area (Å²) in [5.41, 5.74) is 0. The van der Waals surface area contributed by atoms with Crippen molar-refractivity contribution in [3.8, 4) is 0 Å². The summed E-state index contributed by atoms with van der Waals surface area (Å²) in [5.74, 6) is 0. The predicted octanol–water partition coefficient (Wildman–Crippen LogP) is 8.40. The highest BCUT2D eigenvalue weighted by Crippen LogP contribution is 2.21. The number of hydrogen-bond donors (Lipinski definition) is 0. The Morgan fingerprint density at radius 2 is 0.931 bits per heavy atom. The summed E-state index contributed by atoms with van der Waals surface area (Å²) in [5, 5.41) is 0. The molecule has 0 N–H and O–H groups in total. The molecule has 2 nitrogen and oxygen atoms in total. The molecule has 0 aromatic carbocycles. The van der Waals surface area contributed by atoms with E-state index in [0.29, 0.717) is 0 Å². The van der Waals surface area contributed by atoms with Gasteiger partial charge in [0.2, 0.25) is 0 Å². The van der Waals surface area contributed by atoms with E-state index in [9.17, 15) is 0 Å². The maximum Gasteiger partial charge on any atom is 0.0620 e. The monoisotopic (exact) mass is 408 g/mol. The van der Waals surface area contributed by atoms with Crippen molar-refractivity contribution in [1.82, 2.24) is 9.80 Å². The van der Waals surface area contributed by atoms with Crippen LogP contribution in [0.3, 0.4) is 0 Å². The molecule has 1 aliphatic rings. The van der Waals surface area contributed by atoms with Gasteiger partial charge in [-0.25, -0.2) is 0 Å². The smallest absolute Gasteiger partial charge is 0.0620 e. The average Bonchev–Trinajstić information content (AvgIpc) is 3.07. The highest BCUT2D eigenvalue weighted by atomic mass is 15.4. The van der Waals surface area contributed by atoms with Crippen LogP contribution in [-0.2, 0) is 0 Å². The molecule has 2 heteroatoms. The maximum atomic E-state index is 2.79. The van der Waals surface area contributed by atoms with Gasteiger partial charge in [0.25, 0.3) is 0 Å². The number of likely N-dealkylation sites (N-methyl/N-ethyl adjacent to an activating group) is 1. The Morgan fingerprint density at radius 1 is 0.517 bits per heavy atom. The van der Waals surface area contributed by atoms with Gasteiger partial charge >= 0.3 is 0 Å². The van der Waals surface area contributed by atoms with Gasteiger partial charge in [0.1, 0.15) is 0 Å². The number of unbranched alkanes of at least 4 members (excludes halogenated alkanes) is 17. The van der Waals surface area contributed by atoms with Crippen molar-refractivity contribution in [2.24, 2.45) is 0 Å². The van der Waals surface area contributed by atoms with Crippen molar-refractivity contribution in [3.63, 3.8) is 0 Å². The van der Waals surface area contributed by atoms with E-state index in [-0.39, 0.29) is 0 Å². The zero-order valence-electron chi connectivity index (χ0n) is 20.7. The van der Waals surface area contributed by atoms with E-state index >= 15 is 0 Å². The Balaban J connectivity index is 1.96. The van der Waals surface area contributed by atoms with Gasteiger partial charge in [-0.05, 0) is 26.4 Å². The topological polar surface area (TPSA) is 6.48 Å². The Kier molecular flexibility index (Phi) is 18.5. The summed E-state index contributed by atoms with van der Waals surface area (Å²) in [6, 6.07) is 0. The minimum absolute atomic E-state index is 0.734. The lowest BCUT2D eigenvalue weighted by molar-refractivity contribution is 0.143. The van der Waals surface area contributed by atoms with Gasteiger partial charge in [-0.3, -0.25) is 9.80 Å². The minimum Gasteiger partial charge on any atom is -0.290 e. The van der Waals surface area contributed by atoms with E-state index in [1.54, 1.807) is 0 Å². The molecule has 174 valence electrons. The fourth-order valence-corrected chi connectivity index (χ4v) is 4.97. The molecule has 29 heavy (non-hydrogen) atoms. The second-order valence-corrected chi connectivity index (χ2v) is 9.80. The molecular weight excluding hydrogens is 352 g/mol. The van der Waals surface area contributed by atoms with Gasteiger partial charge in [0, 0.05) is 13.1 Å². The van der Waals surface area contributed by atoms with Gasteiger partial charge in [-0.2, -0.15) is 0 Å². The van der Waals surface area contributed by atoms with Crippen LogP contribution >= 0.6 is 0 Å². The predicted molar refractivity (Wildman–Crippen MR) is 132 cm³/mol. The Labute approximate surface area is 185 Å². The van der Waals surface area contributed by atoms with Crippen LogP contribution in [0.4, 0.5) is 0 Å². The summed E-state index contributed by atoms with van der Waals surface area (Å²) in [6.45, 7) is 8.53. The molecule has 0 saturated carbocycles. The molecule has 1 unspecified atom stereocenters. The average molecular weight is 409 g/mol. The normalized spacial score (nSPS) is 18.1. The van der Waals surface area contributed by atoms with Gasteiger partial charge in [-0.15, -0.1) is 0 Å². The molecule has 0 aromatic rings. The summed E-state index contributed by atoms with van der Waals surface area (Å²) in [6.07, 6.45) is 29.6. The van der Waals surface area contributed by atoms with E-state index in [4.69, 9.17) is 0 Å². The quantitative estimate of drug-likeness (QED) is 0.176. The van der Waals surface area contributed by atoms with E-state index in [1.165, 1.54) is 148 Å². The zero-order valence-corrected chi connectivity index (χ0v) is 20.7. The molecule has 1 atom stereocenters. The third-order valence-electron chi connectivity index (χ3n) is 7.03. The highest BCUT2D eigenvalue weighted by molar-refractivity contribution is 4.79. The molecule has 1 saturated heterocycles. The summed E-state index contributed by atoms with van der Waals surface area (Å²) < 4.78 is 0. The number of nitrogens with zero attached hydrogens (tertiary/aromatic N) is 2. The maximum absolute atomic E-state index is 2.79. The Bertz CT molecular complexity index is 330. The third kappa shape index (κ3) is 14.5. The van der Waals surface area contributed by atoms with Crippen LogP contribution in [0.15, 0.2) is 0 Å². The molecule has 1 heterocycles. The van der Waals surface area contributed by atoms with E-state index in [0.717, 1.165) is 6.17 Å². The lowest BCUT2D eigenvalue weighted by Crippen LogP contribution is -2.37.